The number of rotatable bonds is 5. The first-order valence-corrected chi connectivity index (χ1v) is 9.77. The Labute approximate surface area is 170 Å². The van der Waals surface area contributed by atoms with Crippen LogP contribution in [-0.2, 0) is 12.6 Å². The number of ether oxygens (including phenoxy) is 2. The molecule has 2 heterocycles. The second kappa shape index (κ2) is 7.80. The van der Waals surface area contributed by atoms with Gasteiger partial charge in [-0.05, 0) is 61.7 Å². The first-order chi connectivity index (χ1) is 13.9. The molecular weight excluding hydrogens is 405 g/mol. The fourth-order valence-corrected chi connectivity index (χ4v) is 3.91. The van der Waals surface area contributed by atoms with Crippen LogP contribution >= 0.6 is 11.6 Å². The van der Waals surface area contributed by atoms with E-state index in [0.29, 0.717) is 48.8 Å². The highest BCUT2D eigenvalue weighted by molar-refractivity contribution is 6.31. The second-order valence-electron chi connectivity index (χ2n) is 6.96. The number of fused-ring (bicyclic) bond motifs is 2. The summed E-state index contributed by atoms with van der Waals surface area (Å²) in [6.45, 7) is 1.42. The highest BCUT2D eigenvalue weighted by atomic mass is 35.5. The van der Waals surface area contributed by atoms with Gasteiger partial charge >= 0.3 is 6.18 Å². The Hall–Kier alpha value is -2.38. The molecule has 3 N–H and O–H groups in total. The van der Waals surface area contributed by atoms with E-state index in [1.807, 2.05) is 6.07 Å². The van der Waals surface area contributed by atoms with Gasteiger partial charge in [-0.2, -0.15) is 13.2 Å². The molecule has 0 fully saturated rings. The van der Waals surface area contributed by atoms with Gasteiger partial charge in [0.1, 0.15) is 13.2 Å². The average molecular weight is 425 g/mol. The summed E-state index contributed by atoms with van der Waals surface area (Å²) in [5.41, 5.74) is 7.02. The van der Waals surface area contributed by atoms with Gasteiger partial charge in [-0.15, -0.1) is 0 Å². The van der Waals surface area contributed by atoms with Crippen molar-refractivity contribution in [1.29, 1.82) is 0 Å². The molecule has 0 atom stereocenters. The Morgan fingerprint density at radius 2 is 1.79 bits per heavy atom. The molecule has 3 aromatic rings. The Morgan fingerprint density at radius 1 is 1.03 bits per heavy atom. The van der Waals surface area contributed by atoms with E-state index in [1.54, 1.807) is 18.2 Å². The van der Waals surface area contributed by atoms with E-state index >= 15 is 0 Å². The normalized spacial score (nSPS) is 13.8. The second-order valence-corrected chi connectivity index (χ2v) is 7.39. The van der Waals surface area contributed by atoms with Crippen LogP contribution in [0.1, 0.15) is 24.0 Å². The van der Waals surface area contributed by atoms with Crippen molar-refractivity contribution in [2.45, 2.75) is 25.4 Å². The third kappa shape index (κ3) is 3.89. The summed E-state index contributed by atoms with van der Waals surface area (Å²) >= 11 is 6.04. The van der Waals surface area contributed by atoms with Gasteiger partial charge in [0.2, 0.25) is 0 Å². The molecule has 154 valence electrons. The number of hydrogen-bond donors (Lipinski definition) is 2. The number of unbranched alkanes of at least 4 members (excludes halogenated alkanes) is 1. The minimum Gasteiger partial charge on any atom is -0.486 e. The highest BCUT2D eigenvalue weighted by Crippen LogP contribution is 2.42. The summed E-state index contributed by atoms with van der Waals surface area (Å²) in [6, 6.07) is 7.93. The summed E-state index contributed by atoms with van der Waals surface area (Å²) in [5, 5.41) is 0.532. The summed E-state index contributed by atoms with van der Waals surface area (Å²) in [4.78, 5) is 3.01. The van der Waals surface area contributed by atoms with Crippen LogP contribution in [0.15, 0.2) is 30.3 Å². The van der Waals surface area contributed by atoms with E-state index in [0.717, 1.165) is 30.0 Å². The first-order valence-electron chi connectivity index (χ1n) is 9.40. The molecule has 2 aromatic carbocycles. The molecule has 0 amide bonds. The monoisotopic (exact) mass is 424 g/mol. The third-order valence-corrected chi connectivity index (χ3v) is 5.22. The Kier molecular flexibility index (Phi) is 5.36. The van der Waals surface area contributed by atoms with Crippen molar-refractivity contribution < 1.29 is 22.6 Å². The van der Waals surface area contributed by atoms with Crippen LogP contribution in [0.3, 0.4) is 0 Å². The standard InChI is InChI=1S/C21H20ClF3N2O2/c22-13-10-15-14(3-1-2-6-26)19(27-20(15)16(11-13)21(23,24)25)12-4-5-17-18(9-12)29-8-7-28-17/h4-5,9-11,27H,1-3,6-8,26H2. The maximum Gasteiger partial charge on any atom is 0.418 e. The maximum atomic E-state index is 13.6. The lowest BCUT2D eigenvalue weighted by molar-refractivity contribution is -0.136. The Balaban J connectivity index is 1.91. The SMILES string of the molecule is NCCCCc1c(-c2ccc3c(c2)OCCO3)[nH]c2c(C(F)(F)F)cc(Cl)cc12. The summed E-state index contributed by atoms with van der Waals surface area (Å²) in [6.07, 6.45) is -2.40. The van der Waals surface area contributed by atoms with E-state index in [-0.39, 0.29) is 10.5 Å². The zero-order valence-corrected chi connectivity index (χ0v) is 16.3. The first kappa shape index (κ1) is 19.9. The van der Waals surface area contributed by atoms with Gasteiger partial charge in [-0.25, -0.2) is 0 Å². The van der Waals surface area contributed by atoms with Crippen molar-refractivity contribution in [2.24, 2.45) is 5.73 Å². The van der Waals surface area contributed by atoms with E-state index in [2.05, 4.69) is 4.98 Å². The molecule has 1 aliphatic rings. The quantitative estimate of drug-likeness (QED) is 0.527. The Morgan fingerprint density at radius 3 is 2.52 bits per heavy atom. The molecule has 4 nitrogen and oxygen atoms in total. The van der Waals surface area contributed by atoms with Crippen LogP contribution in [0, 0.1) is 0 Å². The number of nitrogens with one attached hydrogen (secondary N) is 1. The minimum atomic E-state index is -4.52. The predicted octanol–water partition coefficient (Wildman–Crippen LogP) is 5.56. The highest BCUT2D eigenvalue weighted by Gasteiger charge is 2.34. The largest absolute Gasteiger partial charge is 0.486 e. The number of halogens is 4. The lowest BCUT2D eigenvalue weighted by Gasteiger charge is -2.19. The van der Waals surface area contributed by atoms with E-state index in [1.165, 1.54) is 0 Å². The van der Waals surface area contributed by atoms with E-state index in [9.17, 15) is 13.2 Å². The number of aromatic nitrogens is 1. The zero-order valence-electron chi connectivity index (χ0n) is 15.5. The summed E-state index contributed by atoms with van der Waals surface area (Å²) in [5.74, 6) is 1.20. The Bertz CT molecular complexity index is 1050. The molecule has 0 saturated carbocycles. The van der Waals surface area contributed by atoms with Crippen LogP contribution < -0.4 is 15.2 Å². The minimum absolute atomic E-state index is 0.0366. The number of alkyl halides is 3. The van der Waals surface area contributed by atoms with Crippen molar-refractivity contribution in [3.05, 3.63) is 46.5 Å². The topological polar surface area (TPSA) is 60.3 Å². The van der Waals surface area contributed by atoms with Crippen molar-refractivity contribution >= 4 is 22.5 Å². The molecule has 4 rings (SSSR count). The lowest BCUT2D eigenvalue weighted by atomic mass is 9.99. The van der Waals surface area contributed by atoms with Crippen molar-refractivity contribution in [3.8, 4) is 22.8 Å². The predicted molar refractivity (Wildman–Crippen MR) is 107 cm³/mol. The van der Waals surface area contributed by atoms with Crippen LogP contribution in [0.5, 0.6) is 11.5 Å². The zero-order chi connectivity index (χ0) is 20.6. The van der Waals surface area contributed by atoms with Crippen molar-refractivity contribution in [2.75, 3.05) is 19.8 Å². The third-order valence-electron chi connectivity index (χ3n) is 5.00. The molecule has 0 spiro atoms. The molecule has 29 heavy (non-hydrogen) atoms. The maximum absolute atomic E-state index is 13.6. The van der Waals surface area contributed by atoms with Gasteiger partial charge in [0.15, 0.2) is 11.5 Å². The molecule has 8 heteroatoms. The summed E-state index contributed by atoms with van der Waals surface area (Å²) < 4.78 is 52.1. The van der Waals surface area contributed by atoms with Gasteiger partial charge in [-0.3, -0.25) is 0 Å². The molecule has 0 bridgehead atoms. The molecule has 1 aliphatic heterocycles. The molecule has 1 aromatic heterocycles. The van der Waals surface area contributed by atoms with Crippen molar-refractivity contribution in [1.82, 2.24) is 4.98 Å². The lowest BCUT2D eigenvalue weighted by Crippen LogP contribution is -2.15. The smallest absolute Gasteiger partial charge is 0.418 e. The van der Waals surface area contributed by atoms with Gasteiger partial charge in [-0.1, -0.05) is 11.6 Å². The number of nitrogens with two attached hydrogens (primary N) is 1. The molecular formula is C21H20ClF3N2O2. The molecule has 0 unspecified atom stereocenters. The van der Waals surface area contributed by atoms with Crippen LogP contribution in [-0.4, -0.2) is 24.7 Å². The van der Waals surface area contributed by atoms with Gasteiger partial charge in [0, 0.05) is 21.7 Å². The summed E-state index contributed by atoms with van der Waals surface area (Å²) in [7, 11) is 0. The van der Waals surface area contributed by atoms with Gasteiger partial charge < -0.3 is 20.2 Å². The van der Waals surface area contributed by atoms with Crippen molar-refractivity contribution in [3.63, 3.8) is 0 Å². The average Bonchev–Trinajstić information content (AvgIpc) is 3.05. The molecule has 0 saturated heterocycles. The number of H-pyrrole nitrogens is 1. The van der Waals surface area contributed by atoms with Crippen LogP contribution in [0.25, 0.3) is 22.2 Å². The van der Waals surface area contributed by atoms with Gasteiger partial charge in [0.05, 0.1) is 11.1 Å². The van der Waals surface area contributed by atoms with Gasteiger partial charge in [0.25, 0.3) is 0 Å². The fraction of sp³-hybridized carbons (Fsp3) is 0.333. The van der Waals surface area contributed by atoms with E-state index in [4.69, 9.17) is 26.8 Å². The molecule has 0 aliphatic carbocycles. The fourth-order valence-electron chi connectivity index (χ4n) is 3.69. The van der Waals surface area contributed by atoms with Crippen LogP contribution in [0.4, 0.5) is 13.2 Å². The number of benzene rings is 2. The number of aryl methyl sites for hydroxylation is 1. The molecule has 0 radical (unpaired) electrons. The number of aromatic amines is 1. The van der Waals surface area contributed by atoms with Crippen LogP contribution in [0.2, 0.25) is 5.02 Å². The van der Waals surface area contributed by atoms with E-state index < -0.39 is 11.7 Å². The number of hydrogen-bond acceptors (Lipinski definition) is 3.